The summed E-state index contributed by atoms with van der Waals surface area (Å²) in [6.45, 7) is 0. The predicted octanol–water partition coefficient (Wildman–Crippen LogP) is 2.00. The first-order valence-electron chi connectivity index (χ1n) is 9.37. The number of nitrogens with two attached hydrogens (primary N) is 2. The van der Waals surface area contributed by atoms with Crippen molar-refractivity contribution in [2.24, 2.45) is 11.6 Å². The van der Waals surface area contributed by atoms with Crippen LogP contribution in [0.4, 0.5) is 5.69 Å². The number of hydrogen-bond donors (Lipinski definition) is 2. The highest BCUT2D eigenvalue weighted by molar-refractivity contribution is 5.68. The van der Waals surface area contributed by atoms with Gasteiger partial charge in [0, 0.05) is 18.7 Å². The van der Waals surface area contributed by atoms with E-state index in [-0.39, 0.29) is 0 Å². The van der Waals surface area contributed by atoms with Crippen LogP contribution in [-0.4, -0.2) is 31.7 Å². The number of para-hydroxylation sites is 1. The third-order valence-corrected chi connectivity index (χ3v) is 5.11. The third kappa shape index (κ3) is 2.88. The van der Waals surface area contributed by atoms with Crippen LogP contribution in [0.15, 0.2) is 67.3 Å². The number of nitrogens with zero attached hydrogens (tertiary/aromatic N) is 6. The van der Waals surface area contributed by atoms with Gasteiger partial charge < -0.3 is 10.5 Å². The molecule has 0 saturated carbocycles. The summed E-state index contributed by atoms with van der Waals surface area (Å²) in [5.74, 6) is 6.92. The molecule has 2 aromatic carbocycles. The van der Waals surface area contributed by atoms with E-state index < -0.39 is 0 Å². The molecule has 9 nitrogen and oxygen atoms in total. The summed E-state index contributed by atoms with van der Waals surface area (Å²) in [7, 11) is 1.64. The molecule has 9 heteroatoms. The zero-order chi connectivity index (χ0) is 20.7. The normalized spacial score (nSPS) is 12.5. The Kier molecular flexibility index (Phi) is 4.22. The van der Waals surface area contributed by atoms with E-state index in [1.165, 1.54) is 5.01 Å². The quantitative estimate of drug-likeness (QED) is 0.350. The number of hydrazine groups is 1. The molecule has 2 aromatic heterocycles. The number of benzene rings is 2. The largest absolute Gasteiger partial charge is 0.497 e. The van der Waals surface area contributed by atoms with Crippen molar-refractivity contribution in [1.29, 1.82) is 0 Å². The van der Waals surface area contributed by atoms with Crippen LogP contribution >= 0.6 is 0 Å². The lowest BCUT2D eigenvalue weighted by molar-refractivity contribution is 0.414. The van der Waals surface area contributed by atoms with Gasteiger partial charge in [0.2, 0.25) is 0 Å². The van der Waals surface area contributed by atoms with Crippen LogP contribution in [0.1, 0.15) is 17.1 Å². The van der Waals surface area contributed by atoms with E-state index in [9.17, 15) is 0 Å². The number of aromatic nitrogens is 5. The van der Waals surface area contributed by atoms with Gasteiger partial charge in [0.15, 0.2) is 0 Å². The smallest absolute Gasteiger partial charge is 0.121 e. The van der Waals surface area contributed by atoms with Crippen molar-refractivity contribution in [2.75, 3.05) is 12.1 Å². The van der Waals surface area contributed by atoms with Crippen molar-refractivity contribution in [3.63, 3.8) is 0 Å². The highest BCUT2D eigenvalue weighted by Gasteiger charge is 2.24. The molecule has 0 atom stereocenters. The lowest BCUT2D eigenvalue weighted by Gasteiger charge is -2.15. The highest BCUT2D eigenvalue weighted by atomic mass is 16.5. The maximum absolute atomic E-state index is 6.42. The van der Waals surface area contributed by atoms with Crippen LogP contribution in [0.3, 0.4) is 0 Å². The molecule has 0 bridgehead atoms. The Balaban J connectivity index is 1.62. The molecule has 1 aliphatic heterocycles. The van der Waals surface area contributed by atoms with Gasteiger partial charge in [-0.25, -0.2) is 15.5 Å². The minimum Gasteiger partial charge on any atom is -0.497 e. The highest BCUT2D eigenvalue weighted by Crippen LogP contribution is 2.32. The zero-order valence-corrected chi connectivity index (χ0v) is 16.3. The minimum absolute atomic E-state index is 0.464. The number of fused-ring (bicyclic) bond motifs is 5. The Morgan fingerprint density at radius 3 is 2.80 bits per heavy atom. The van der Waals surface area contributed by atoms with Crippen molar-refractivity contribution in [2.45, 2.75) is 6.42 Å². The molecule has 5 rings (SSSR count). The molecular weight excluding hydrogens is 380 g/mol. The van der Waals surface area contributed by atoms with Crippen LogP contribution in [0.2, 0.25) is 0 Å². The SMILES string of the molecule is COc1ccc2c(c1)-n1nncc1Cc1c(/C(N)=C/N(N)c3ccccc3)ncn1-2. The average Bonchev–Trinajstić information content (AvgIpc) is 3.39. The van der Waals surface area contributed by atoms with Gasteiger partial charge in [-0.15, -0.1) is 5.10 Å². The molecule has 3 heterocycles. The van der Waals surface area contributed by atoms with E-state index in [1.54, 1.807) is 25.8 Å². The summed E-state index contributed by atoms with van der Waals surface area (Å²) in [6, 6.07) is 15.4. The van der Waals surface area contributed by atoms with Gasteiger partial charge in [-0.2, -0.15) is 0 Å². The lowest BCUT2D eigenvalue weighted by Crippen LogP contribution is -2.25. The average molecular weight is 400 g/mol. The number of hydrogen-bond acceptors (Lipinski definition) is 7. The summed E-state index contributed by atoms with van der Waals surface area (Å²) in [5.41, 5.74) is 12.0. The number of methoxy groups -OCH3 is 1. The molecule has 30 heavy (non-hydrogen) atoms. The Hall–Kier alpha value is -4.11. The van der Waals surface area contributed by atoms with E-state index in [0.29, 0.717) is 17.8 Å². The third-order valence-electron chi connectivity index (χ3n) is 5.11. The van der Waals surface area contributed by atoms with Gasteiger partial charge in [0.25, 0.3) is 0 Å². The van der Waals surface area contributed by atoms with E-state index in [4.69, 9.17) is 16.3 Å². The molecule has 1 aliphatic rings. The van der Waals surface area contributed by atoms with E-state index >= 15 is 0 Å². The van der Waals surface area contributed by atoms with Gasteiger partial charge in [0.1, 0.15) is 17.8 Å². The summed E-state index contributed by atoms with van der Waals surface area (Å²) in [5, 5.41) is 9.84. The number of anilines is 1. The van der Waals surface area contributed by atoms with E-state index in [2.05, 4.69) is 15.3 Å². The number of ether oxygens (including phenoxy) is 1. The first-order valence-corrected chi connectivity index (χ1v) is 9.37. The van der Waals surface area contributed by atoms with Gasteiger partial charge in [-0.1, -0.05) is 23.4 Å². The molecule has 0 spiro atoms. The molecule has 4 aromatic rings. The van der Waals surface area contributed by atoms with Gasteiger partial charge >= 0.3 is 0 Å². The van der Waals surface area contributed by atoms with Gasteiger partial charge in [0.05, 0.1) is 47.5 Å². The second-order valence-corrected chi connectivity index (χ2v) is 6.91. The molecule has 150 valence electrons. The number of imidazole rings is 1. The summed E-state index contributed by atoms with van der Waals surface area (Å²) in [4.78, 5) is 4.59. The zero-order valence-electron chi connectivity index (χ0n) is 16.3. The Bertz CT molecular complexity index is 1240. The van der Waals surface area contributed by atoms with E-state index in [1.807, 2.05) is 57.8 Å². The van der Waals surface area contributed by atoms with Crippen LogP contribution < -0.4 is 21.3 Å². The molecular formula is C21H20N8O. The maximum Gasteiger partial charge on any atom is 0.121 e. The molecule has 4 N–H and O–H groups in total. The molecule has 0 amide bonds. The van der Waals surface area contributed by atoms with Crippen LogP contribution in [0, 0.1) is 0 Å². The molecule has 0 aliphatic carbocycles. The Labute approximate surface area is 172 Å². The molecule has 0 radical (unpaired) electrons. The molecule has 0 unspecified atom stereocenters. The van der Waals surface area contributed by atoms with Gasteiger partial charge in [-0.05, 0) is 24.3 Å². The standard InChI is InChI=1S/C21H20N8O/c1-30-16-7-8-18-19(10-16)29-15(11-25-26-29)9-20-21(24-13-27(18)20)17(22)12-28(23)14-5-3-2-4-6-14/h2-8,10-13H,9,22-23H2,1H3/b17-12-. The van der Waals surface area contributed by atoms with Crippen LogP contribution in [0.5, 0.6) is 5.75 Å². The number of rotatable bonds is 4. The molecule has 0 saturated heterocycles. The Morgan fingerprint density at radius 2 is 2.00 bits per heavy atom. The van der Waals surface area contributed by atoms with Crippen molar-refractivity contribution in [3.05, 3.63) is 84.3 Å². The Morgan fingerprint density at radius 1 is 1.17 bits per heavy atom. The minimum atomic E-state index is 0.464. The fourth-order valence-corrected chi connectivity index (χ4v) is 3.63. The lowest BCUT2D eigenvalue weighted by atomic mass is 10.1. The second-order valence-electron chi connectivity index (χ2n) is 6.91. The fraction of sp³-hybridized carbons (Fsp3) is 0.0952. The maximum atomic E-state index is 6.42. The predicted molar refractivity (Wildman–Crippen MR) is 113 cm³/mol. The van der Waals surface area contributed by atoms with Crippen molar-refractivity contribution >= 4 is 11.4 Å². The second kappa shape index (κ2) is 7.05. The molecule has 0 fully saturated rings. The summed E-state index contributed by atoms with van der Waals surface area (Å²) < 4.78 is 9.22. The van der Waals surface area contributed by atoms with E-state index in [0.717, 1.165) is 34.2 Å². The summed E-state index contributed by atoms with van der Waals surface area (Å²) >= 11 is 0. The fourth-order valence-electron chi connectivity index (χ4n) is 3.63. The summed E-state index contributed by atoms with van der Waals surface area (Å²) in [6.07, 6.45) is 5.74. The van der Waals surface area contributed by atoms with Crippen LogP contribution in [0.25, 0.3) is 17.1 Å². The van der Waals surface area contributed by atoms with Gasteiger partial charge in [-0.3, -0.25) is 9.58 Å². The van der Waals surface area contributed by atoms with Crippen LogP contribution in [-0.2, 0) is 6.42 Å². The first-order chi connectivity index (χ1) is 14.7. The monoisotopic (exact) mass is 400 g/mol. The van der Waals surface area contributed by atoms with Crippen molar-refractivity contribution in [3.8, 4) is 17.1 Å². The first kappa shape index (κ1) is 18.0. The topological polar surface area (TPSA) is 113 Å². The van der Waals surface area contributed by atoms with Crippen molar-refractivity contribution < 1.29 is 4.74 Å². The van der Waals surface area contributed by atoms with Crippen molar-refractivity contribution in [1.82, 2.24) is 24.5 Å².